The first kappa shape index (κ1) is 22.5. The first-order chi connectivity index (χ1) is 14.5. The van der Waals surface area contributed by atoms with Crippen LogP contribution in [0.4, 0.5) is 0 Å². The zero-order chi connectivity index (χ0) is 21.5. The van der Waals surface area contributed by atoms with Crippen molar-refractivity contribution < 1.29 is 14.7 Å². The average Bonchev–Trinajstić information content (AvgIpc) is 2.99. The number of carbonyl (C=O) groups excluding carboxylic acids is 2. The van der Waals surface area contributed by atoms with Gasteiger partial charge in [-0.15, -0.1) is 0 Å². The second-order valence-electron chi connectivity index (χ2n) is 6.78. The molecule has 2 aromatic carbocycles. The Hall–Kier alpha value is -2.19. The van der Waals surface area contributed by atoms with Gasteiger partial charge in [0.25, 0.3) is 5.91 Å². The number of nitrogens with one attached hydrogen (secondary N) is 1. The number of nitrogens with zero attached hydrogens (tertiary/aromatic N) is 1. The molecule has 1 aliphatic heterocycles. The summed E-state index contributed by atoms with van der Waals surface area (Å²) < 4.78 is 0.420. The van der Waals surface area contributed by atoms with Crippen LogP contribution in [0, 0.1) is 0 Å². The number of halogens is 1. The first-order valence-corrected chi connectivity index (χ1v) is 11.0. The molecule has 0 bridgehead atoms. The molecular weight excluding hydrogens is 440 g/mol. The zero-order valence-electron chi connectivity index (χ0n) is 16.1. The van der Waals surface area contributed by atoms with Crippen molar-refractivity contribution in [2.45, 2.75) is 18.9 Å². The fourth-order valence-electron chi connectivity index (χ4n) is 3.01. The lowest BCUT2D eigenvalue weighted by Crippen LogP contribution is -2.41. The zero-order valence-corrected chi connectivity index (χ0v) is 18.5. The predicted octanol–water partition coefficient (Wildman–Crippen LogP) is 3.65. The van der Waals surface area contributed by atoms with Crippen LogP contribution in [-0.2, 0) is 16.0 Å². The number of hydrogen-bond acceptors (Lipinski definition) is 5. The summed E-state index contributed by atoms with van der Waals surface area (Å²) in [6.07, 6.45) is 2.38. The Bertz CT molecular complexity index is 966. The average molecular weight is 461 g/mol. The molecule has 5 nitrogen and oxygen atoms in total. The van der Waals surface area contributed by atoms with E-state index in [1.54, 1.807) is 18.2 Å². The lowest BCUT2D eigenvalue weighted by Gasteiger charge is -2.18. The van der Waals surface area contributed by atoms with Gasteiger partial charge in [0.15, 0.2) is 0 Å². The number of aliphatic hydroxyl groups excluding tert-OH is 1. The maximum absolute atomic E-state index is 12.7. The fourth-order valence-corrected chi connectivity index (χ4v) is 4.52. The molecule has 0 aromatic heterocycles. The van der Waals surface area contributed by atoms with Crippen LogP contribution in [0.15, 0.2) is 59.5 Å². The van der Waals surface area contributed by atoms with E-state index in [1.165, 1.54) is 16.7 Å². The van der Waals surface area contributed by atoms with E-state index in [2.05, 4.69) is 5.32 Å². The summed E-state index contributed by atoms with van der Waals surface area (Å²) in [6.45, 7) is 0.0247. The molecule has 0 unspecified atom stereocenters. The van der Waals surface area contributed by atoms with Crippen molar-refractivity contribution in [3.63, 3.8) is 0 Å². The molecule has 156 valence electrons. The van der Waals surface area contributed by atoms with E-state index in [0.717, 1.165) is 11.1 Å². The Balaban J connectivity index is 1.55. The van der Waals surface area contributed by atoms with Crippen LogP contribution in [0.25, 0.3) is 6.08 Å². The number of thioether (sulfide) groups is 1. The molecule has 2 N–H and O–H groups in total. The second-order valence-corrected chi connectivity index (χ2v) is 8.89. The van der Waals surface area contributed by atoms with Crippen molar-refractivity contribution in [2.75, 3.05) is 13.2 Å². The molecular formula is C22H21ClN2O3S2. The number of amides is 2. The summed E-state index contributed by atoms with van der Waals surface area (Å²) in [7, 11) is 0. The monoisotopic (exact) mass is 460 g/mol. The van der Waals surface area contributed by atoms with Crippen LogP contribution < -0.4 is 5.32 Å². The van der Waals surface area contributed by atoms with Gasteiger partial charge in [-0.3, -0.25) is 14.5 Å². The van der Waals surface area contributed by atoms with E-state index in [1.807, 2.05) is 42.5 Å². The predicted molar refractivity (Wildman–Crippen MR) is 125 cm³/mol. The third-order valence-corrected chi connectivity index (χ3v) is 6.11. The van der Waals surface area contributed by atoms with Crippen molar-refractivity contribution in [1.82, 2.24) is 10.2 Å². The Morgan fingerprint density at radius 1 is 1.23 bits per heavy atom. The number of carbonyl (C=O) groups is 2. The van der Waals surface area contributed by atoms with Gasteiger partial charge in [-0.1, -0.05) is 78.0 Å². The van der Waals surface area contributed by atoms with E-state index in [9.17, 15) is 14.7 Å². The topological polar surface area (TPSA) is 69.6 Å². The minimum absolute atomic E-state index is 0.0994. The molecule has 1 fully saturated rings. The maximum atomic E-state index is 12.7. The van der Waals surface area contributed by atoms with Gasteiger partial charge in [0.1, 0.15) is 4.32 Å². The van der Waals surface area contributed by atoms with E-state index in [0.29, 0.717) is 20.7 Å². The van der Waals surface area contributed by atoms with Crippen LogP contribution in [0.1, 0.15) is 17.5 Å². The van der Waals surface area contributed by atoms with Crippen molar-refractivity contribution in [3.8, 4) is 0 Å². The molecule has 30 heavy (non-hydrogen) atoms. The molecule has 1 atom stereocenters. The number of thiocarbonyl (C=S) groups is 1. The highest BCUT2D eigenvalue weighted by Crippen LogP contribution is 2.32. The number of rotatable bonds is 8. The molecule has 0 spiro atoms. The molecule has 2 amide bonds. The third-order valence-electron chi connectivity index (χ3n) is 4.49. The normalized spacial score (nSPS) is 16.2. The van der Waals surface area contributed by atoms with Gasteiger partial charge < -0.3 is 10.4 Å². The van der Waals surface area contributed by atoms with E-state index in [4.69, 9.17) is 23.8 Å². The maximum Gasteiger partial charge on any atom is 0.266 e. The fraction of sp³-hybridized carbons (Fsp3) is 0.227. The molecule has 0 aliphatic carbocycles. The highest BCUT2D eigenvalue weighted by atomic mass is 35.5. The van der Waals surface area contributed by atoms with Crippen molar-refractivity contribution in [3.05, 3.63) is 75.7 Å². The minimum atomic E-state index is -0.381. The van der Waals surface area contributed by atoms with Gasteiger partial charge in [0.05, 0.1) is 17.6 Å². The number of benzene rings is 2. The van der Waals surface area contributed by atoms with Gasteiger partial charge in [0.2, 0.25) is 5.91 Å². The quantitative estimate of drug-likeness (QED) is 0.465. The minimum Gasteiger partial charge on any atom is -0.394 e. The molecule has 0 saturated carbocycles. The highest BCUT2D eigenvalue weighted by Gasteiger charge is 2.32. The molecule has 0 radical (unpaired) electrons. The van der Waals surface area contributed by atoms with Crippen LogP contribution >= 0.6 is 35.6 Å². The molecule has 1 saturated heterocycles. The summed E-state index contributed by atoms with van der Waals surface area (Å²) in [6, 6.07) is 16.5. The molecule has 3 rings (SSSR count). The van der Waals surface area contributed by atoms with E-state index < -0.39 is 0 Å². The summed E-state index contributed by atoms with van der Waals surface area (Å²) in [5.41, 5.74) is 1.84. The van der Waals surface area contributed by atoms with Crippen LogP contribution in [0.2, 0.25) is 5.02 Å². The number of hydrogen-bond donors (Lipinski definition) is 2. The van der Waals surface area contributed by atoms with Crippen LogP contribution in [-0.4, -0.2) is 45.3 Å². The van der Waals surface area contributed by atoms with Crippen molar-refractivity contribution in [1.29, 1.82) is 0 Å². The second kappa shape index (κ2) is 10.7. The molecule has 1 aliphatic rings. The van der Waals surface area contributed by atoms with Crippen molar-refractivity contribution in [2.24, 2.45) is 0 Å². The summed E-state index contributed by atoms with van der Waals surface area (Å²) in [5.74, 6) is -0.460. The lowest BCUT2D eigenvalue weighted by atomic mass is 10.1. The Morgan fingerprint density at radius 2 is 2.00 bits per heavy atom. The van der Waals surface area contributed by atoms with Crippen molar-refractivity contribution >= 4 is 57.8 Å². The molecule has 8 heteroatoms. The Labute approximate surface area is 190 Å². The van der Waals surface area contributed by atoms with Gasteiger partial charge >= 0.3 is 0 Å². The third kappa shape index (κ3) is 6.15. The van der Waals surface area contributed by atoms with Crippen LogP contribution in [0.5, 0.6) is 0 Å². The summed E-state index contributed by atoms with van der Waals surface area (Å²) >= 11 is 12.5. The van der Waals surface area contributed by atoms with Gasteiger partial charge in [-0.25, -0.2) is 0 Å². The SMILES string of the molecule is O=C(CCN1C(=O)/C(=C/c2cccc(Cl)c2)SC1=S)N[C@@H](CO)Cc1ccccc1. The first-order valence-electron chi connectivity index (χ1n) is 9.41. The molecule has 2 aromatic rings. The number of aliphatic hydroxyl groups is 1. The van der Waals surface area contributed by atoms with Crippen LogP contribution in [0.3, 0.4) is 0 Å². The van der Waals surface area contributed by atoms with Gasteiger partial charge in [0, 0.05) is 18.0 Å². The lowest BCUT2D eigenvalue weighted by molar-refractivity contribution is -0.124. The van der Waals surface area contributed by atoms with Gasteiger partial charge in [-0.05, 0) is 35.8 Å². The Morgan fingerprint density at radius 3 is 2.70 bits per heavy atom. The smallest absolute Gasteiger partial charge is 0.266 e. The highest BCUT2D eigenvalue weighted by molar-refractivity contribution is 8.26. The summed E-state index contributed by atoms with van der Waals surface area (Å²) in [5, 5.41) is 13.0. The standard InChI is InChI=1S/C22H21ClN2O3S2/c23-17-8-4-7-16(11-17)13-19-21(28)25(22(29)30-19)10-9-20(27)24-18(14-26)12-15-5-2-1-3-6-15/h1-8,11,13,18,26H,9-10,12,14H2,(H,24,27)/b19-13-/t18-/m1/s1. The molecule has 1 heterocycles. The summed E-state index contributed by atoms with van der Waals surface area (Å²) in [4.78, 5) is 27.0. The van der Waals surface area contributed by atoms with E-state index >= 15 is 0 Å². The Kier molecular flexibility index (Phi) is 8.04. The van der Waals surface area contributed by atoms with E-state index in [-0.39, 0.29) is 37.4 Å². The van der Waals surface area contributed by atoms with Gasteiger partial charge in [-0.2, -0.15) is 0 Å². The largest absolute Gasteiger partial charge is 0.394 e.